The molecule has 0 amide bonds. The summed E-state index contributed by atoms with van der Waals surface area (Å²) in [5, 5.41) is 8.65. The fraction of sp³-hybridized carbons (Fsp3) is 0.222. The van der Waals surface area contributed by atoms with Crippen molar-refractivity contribution in [1.82, 2.24) is 0 Å². The Labute approximate surface area is 104 Å². The second-order valence-electron chi connectivity index (χ2n) is 2.67. The number of carbonyl (C=O) groups is 1. The third kappa shape index (κ3) is 3.13. The molecule has 1 rings (SSSR count). The molecule has 0 bridgehead atoms. The van der Waals surface area contributed by atoms with Crippen LogP contribution in [-0.2, 0) is 4.79 Å². The van der Waals surface area contributed by atoms with E-state index in [1.165, 1.54) is 6.92 Å². The Hall–Kier alpha value is -0.300. The first-order chi connectivity index (χ1) is 6.50. The summed E-state index contributed by atoms with van der Waals surface area (Å²) in [7, 11) is 0. The maximum atomic E-state index is 10.5. The molecular formula is C9H8BrIO3. The molecule has 0 saturated heterocycles. The number of aliphatic carboxylic acids is 1. The highest BCUT2D eigenvalue weighted by molar-refractivity contribution is 14.1. The number of halogens is 2. The molecule has 0 aliphatic heterocycles. The summed E-state index contributed by atoms with van der Waals surface area (Å²) >= 11 is 5.41. The third-order valence-electron chi connectivity index (χ3n) is 1.55. The molecule has 0 aromatic heterocycles. The van der Waals surface area contributed by atoms with Gasteiger partial charge in [-0.25, -0.2) is 4.79 Å². The highest BCUT2D eigenvalue weighted by Gasteiger charge is 2.13. The van der Waals surface area contributed by atoms with Gasteiger partial charge in [0.1, 0.15) is 5.75 Å². The van der Waals surface area contributed by atoms with Gasteiger partial charge >= 0.3 is 5.97 Å². The van der Waals surface area contributed by atoms with Crippen LogP contribution in [0.2, 0.25) is 0 Å². The monoisotopic (exact) mass is 370 g/mol. The first-order valence-corrected chi connectivity index (χ1v) is 5.72. The first-order valence-electron chi connectivity index (χ1n) is 3.85. The van der Waals surface area contributed by atoms with E-state index in [1.54, 1.807) is 6.07 Å². The van der Waals surface area contributed by atoms with Gasteiger partial charge in [0, 0.05) is 4.47 Å². The molecule has 0 aliphatic rings. The van der Waals surface area contributed by atoms with E-state index in [9.17, 15) is 4.79 Å². The molecule has 14 heavy (non-hydrogen) atoms. The smallest absolute Gasteiger partial charge is 0.344 e. The van der Waals surface area contributed by atoms with Crippen LogP contribution in [0.5, 0.6) is 5.75 Å². The summed E-state index contributed by atoms with van der Waals surface area (Å²) < 4.78 is 7.06. The molecule has 76 valence electrons. The van der Waals surface area contributed by atoms with Gasteiger partial charge in [0.25, 0.3) is 0 Å². The van der Waals surface area contributed by atoms with Crippen molar-refractivity contribution >= 4 is 44.5 Å². The number of carboxylic acids is 1. The molecule has 5 heteroatoms. The lowest BCUT2D eigenvalue weighted by Gasteiger charge is -2.11. The summed E-state index contributed by atoms with van der Waals surface area (Å²) in [5.41, 5.74) is 0. The van der Waals surface area contributed by atoms with Crippen LogP contribution >= 0.6 is 38.5 Å². The first kappa shape index (κ1) is 11.8. The number of hydrogen-bond acceptors (Lipinski definition) is 2. The van der Waals surface area contributed by atoms with E-state index >= 15 is 0 Å². The number of rotatable bonds is 3. The second-order valence-corrected chi connectivity index (χ2v) is 4.75. The molecule has 1 aromatic carbocycles. The average Bonchev–Trinajstić information content (AvgIpc) is 2.09. The molecule has 1 unspecified atom stereocenters. The molecule has 0 spiro atoms. The zero-order valence-electron chi connectivity index (χ0n) is 7.33. The van der Waals surface area contributed by atoms with E-state index < -0.39 is 12.1 Å². The van der Waals surface area contributed by atoms with E-state index in [0.29, 0.717) is 5.75 Å². The summed E-state index contributed by atoms with van der Waals surface area (Å²) in [5.74, 6) is -0.382. The average molecular weight is 371 g/mol. The van der Waals surface area contributed by atoms with Crippen molar-refractivity contribution in [1.29, 1.82) is 0 Å². The lowest BCUT2D eigenvalue weighted by atomic mass is 10.3. The summed E-state index contributed by atoms with van der Waals surface area (Å²) in [6.07, 6.45) is -0.829. The minimum atomic E-state index is -0.969. The molecule has 0 aliphatic carbocycles. The standard InChI is InChI=1S/C9H8BrIO3/c1-5(9(12)13)14-8-3-2-6(10)4-7(8)11/h2-5H,1H3,(H,12,13). The molecule has 3 nitrogen and oxygen atoms in total. The summed E-state index contributed by atoms with van der Waals surface area (Å²) in [6, 6.07) is 5.42. The number of hydrogen-bond donors (Lipinski definition) is 1. The topological polar surface area (TPSA) is 46.5 Å². The van der Waals surface area contributed by atoms with Gasteiger partial charge in [-0.05, 0) is 47.7 Å². The van der Waals surface area contributed by atoms with Crippen molar-refractivity contribution in [2.75, 3.05) is 0 Å². The minimum absolute atomic E-state index is 0.587. The summed E-state index contributed by atoms with van der Waals surface area (Å²) in [6.45, 7) is 1.50. The highest BCUT2D eigenvalue weighted by Crippen LogP contribution is 2.25. The molecule has 1 N–H and O–H groups in total. The molecule has 0 radical (unpaired) electrons. The lowest BCUT2D eigenvalue weighted by molar-refractivity contribution is -0.144. The predicted molar refractivity (Wildman–Crippen MR) is 64.6 cm³/mol. The largest absolute Gasteiger partial charge is 0.479 e. The Bertz CT molecular complexity index is 354. The van der Waals surface area contributed by atoms with Crippen LogP contribution in [0, 0.1) is 3.57 Å². The summed E-state index contributed by atoms with van der Waals surface area (Å²) in [4.78, 5) is 10.5. The maximum absolute atomic E-state index is 10.5. The predicted octanol–water partition coefficient (Wildman–Crippen LogP) is 2.91. The normalized spacial score (nSPS) is 12.2. The Balaban J connectivity index is 2.82. The van der Waals surface area contributed by atoms with Crippen LogP contribution in [0.25, 0.3) is 0 Å². The van der Waals surface area contributed by atoms with Gasteiger partial charge in [-0.3, -0.25) is 0 Å². The van der Waals surface area contributed by atoms with Crippen molar-refractivity contribution in [2.45, 2.75) is 13.0 Å². The Morgan fingerprint density at radius 2 is 2.29 bits per heavy atom. The van der Waals surface area contributed by atoms with Crippen molar-refractivity contribution in [3.63, 3.8) is 0 Å². The van der Waals surface area contributed by atoms with E-state index in [-0.39, 0.29) is 0 Å². The number of benzene rings is 1. The Morgan fingerprint density at radius 1 is 1.64 bits per heavy atom. The van der Waals surface area contributed by atoms with E-state index in [0.717, 1.165) is 8.04 Å². The van der Waals surface area contributed by atoms with Gasteiger partial charge in [-0.15, -0.1) is 0 Å². The van der Waals surface area contributed by atoms with Crippen molar-refractivity contribution in [3.05, 3.63) is 26.2 Å². The Morgan fingerprint density at radius 3 is 2.79 bits per heavy atom. The molecule has 1 atom stereocenters. The molecular weight excluding hydrogens is 363 g/mol. The van der Waals surface area contributed by atoms with Gasteiger partial charge in [-0.2, -0.15) is 0 Å². The van der Waals surface area contributed by atoms with Gasteiger partial charge < -0.3 is 9.84 Å². The van der Waals surface area contributed by atoms with Gasteiger partial charge in [0.05, 0.1) is 3.57 Å². The van der Waals surface area contributed by atoms with Gasteiger partial charge in [-0.1, -0.05) is 15.9 Å². The number of ether oxygens (including phenoxy) is 1. The number of carboxylic acid groups (broad SMARTS) is 1. The molecule has 0 heterocycles. The van der Waals surface area contributed by atoms with Crippen LogP contribution in [0.1, 0.15) is 6.92 Å². The SMILES string of the molecule is CC(Oc1ccc(Br)cc1I)C(=O)O. The van der Waals surface area contributed by atoms with E-state index in [4.69, 9.17) is 9.84 Å². The fourth-order valence-corrected chi connectivity index (χ4v) is 2.24. The van der Waals surface area contributed by atoms with Crippen LogP contribution in [-0.4, -0.2) is 17.2 Å². The quantitative estimate of drug-likeness (QED) is 0.832. The lowest BCUT2D eigenvalue weighted by Crippen LogP contribution is -2.23. The van der Waals surface area contributed by atoms with Gasteiger partial charge in [0.2, 0.25) is 0 Å². The van der Waals surface area contributed by atoms with Crippen LogP contribution in [0.4, 0.5) is 0 Å². The fourth-order valence-electron chi connectivity index (χ4n) is 0.812. The third-order valence-corrected chi connectivity index (χ3v) is 2.88. The van der Waals surface area contributed by atoms with Crippen LogP contribution in [0.3, 0.4) is 0 Å². The highest BCUT2D eigenvalue weighted by atomic mass is 127. The van der Waals surface area contributed by atoms with Gasteiger partial charge in [0.15, 0.2) is 6.10 Å². The zero-order chi connectivity index (χ0) is 10.7. The van der Waals surface area contributed by atoms with E-state index in [1.807, 2.05) is 12.1 Å². The molecule has 0 fully saturated rings. The zero-order valence-corrected chi connectivity index (χ0v) is 11.1. The Kier molecular flexibility index (Phi) is 4.18. The van der Waals surface area contributed by atoms with E-state index in [2.05, 4.69) is 38.5 Å². The second kappa shape index (κ2) is 4.97. The maximum Gasteiger partial charge on any atom is 0.344 e. The van der Waals surface area contributed by atoms with Crippen molar-refractivity contribution in [2.24, 2.45) is 0 Å². The van der Waals surface area contributed by atoms with Crippen LogP contribution in [0.15, 0.2) is 22.7 Å². The van der Waals surface area contributed by atoms with Crippen molar-refractivity contribution in [3.8, 4) is 5.75 Å². The van der Waals surface area contributed by atoms with Crippen molar-refractivity contribution < 1.29 is 14.6 Å². The van der Waals surface area contributed by atoms with Crippen LogP contribution < -0.4 is 4.74 Å². The molecule has 0 saturated carbocycles. The molecule has 1 aromatic rings. The minimum Gasteiger partial charge on any atom is -0.479 e.